The number of aromatic amines is 1. The van der Waals surface area contributed by atoms with Crippen LogP contribution in [0.4, 0.5) is 0 Å². The molecule has 0 saturated carbocycles. The van der Waals surface area contributed by atoms with Crippen LogP contribution in [0.1, 0.15) is 26.3 Å². The summed E-state index contributed by atoms with van der Waals surface area (Å²) in [6, 6.07) is 8.51. The number of fused-ring (bicyclic) bond motifs is 1. The van der Waals surface area contributed by atoms with Crippen molar-refractivity contribution in [3.63, 3.8) is 0 Å². The van der Waals surface area contributed by atoms with Crippen LogP contribution in [0.3, 0.4) is 0 Å². The average molecular weight is 202 g/mol. The fraction of sp³-hybridized carbons (Fsp3) is 0.385. The minimum atomic E-state index is 0.161. The first kappa shape index (κ1) is 10.2. The Labute approximate surface area is 90.7 Å². The Balaban J connectivity index is 2.24. The fourth-order valence-electron chi connectivity index (χ4n) is 1.66. The van der Waals surface area contributed by atoms with E-state index < -0.39 is 0 Å². The summed E-state index contributed by atoms with van der Waals surface area (Å²) in [5.41, 5.74) is 2.73. The number of H-pyrrole nitrogens is 1. The Morgan fingerprint density at radius 3 is 2.73 bits per heavy atom. The molecule has 1 aromatic carbocycles. The molecule has 0 aliphatic rings. The molecule has 0 atom stereocenters. The molecule has 0 saturated heterocycles. The van der Waals surface area contributed by atoms with Crippen LogP contribution in [-0.4, -0.2) is 10.5 Å². The Kier molecular flexibility index (Phi) is 2.53. The third-order valence-corrected chi connectivity index (χ3v) is 2.48. The maximum atomic E-state index is 3.50. The summed E-state index contributed by atoms with van der Waals surface area (Å²) in [6.45, 7) is 7.45. The van der Waals surface area contributed by atoms with Gasteiger partial charge in [0.1, 0.15) is 0 Å². The summed E-state index contributed by atoms with van der Waals surface area (Å²) in [5, 5.41) is 4.78. The summed E-state index contributed by atoms with van der Waals surface area (Å²) < 4.78 is 0. The number of rotatable bonds is 2. The number of hydrogen-bond acceptors (Lipinski definition) is 1. The van der Waals surface area contributed by atoms with Crippen LogP contribution in [0.5, 0.6) is 0 Å². The highest BCUT2D eigenvalue weighted by atomic mass is 14.9. The lowest BCUT2D eigenvalue weighted by molar-refractivity contribution is 0.425. The molecule has 2 N–H and O–H groups in total. The summed E-state index contributed by atoms with van der Waals surface area (Å²) >= 11 is 0. The van der Waals surface area contributed by atoms with Crippen molar-refractivity contribution < 1.29 is 0 Å². The first-order valence-corrected chi connectivity index (χ1v) is 5.36. The third kappa shape index (κ3) is 2.39. The molecular weight excluding hydrogens is 184 g/mol. The fourth-order valence-corrected chi connectivity index (χ4v) is 1.66. The molecule has 2 heteroatoms. The second-order valence-corrected chi connectivity index (χ2v) is 4.96. The maximum absolute atomic E-state index is 3.50. The third-order valence-electron chi connectivity index (χ3n) is 2.48. The topological polar surface area (TPSA) is 27.8 Å². The lowest BCUT2D eigenvalue weighted by Crippen LogP contribution is -2.35. The SMILES string of the molecule is CC(C)(C)NCc1cccc2cc[nH]c12. The van der Waals surface area contributed by atoms with E-state index in [2.05, 4.69) is 55.3 Å². The van der Waals surface area contributed by atoms with Gasteiger partial charge in [0, 0.05) is 23.8 Å². The van der Waals surface area contributed by atoms with Crippen molar-refractivity contribution in [2.24, 2.45) is 0 Å². The zero-order valence-electron chi connectivity index (χ0n) is 9.59. The van der Waals surface area contributed by atoms with E-state index in [1.54, 1.807) is 0 Å². The Hall–Kier alpha value is -1.28. The van der Waals surface area contributed by atoms with E-state index in [1.807, 2.05) is 6.20 Å². The average Bonchev–Trinajstić information content (AvgIpc) is 2.61. The molecule has 0 fully saturated rings. The van der Waals surface area contributed by atoms with Gasteiger partial charge in [-0.3, -0.25) is 0 Å². The highest BCUT2D eigenvalue weighted by molar-refractivity contribution is 5.82. The number of benzene rings is 1. The predicted octanol–water partition coefficient (Wildman–Crippen LogP) is 3.06. The molecule has 0 aliphatic carbocycles. The molecule has 0 amide bonds. The number of hydrogen-bond donors (Lipinski definition) is 2. The van der Waals surface area contributed by atoms with E-state index in [4.69, 9.17) is 0 Å². The number of aromatic nitrogens is 1. The zero-order chi connectivity index (χ0) is 10.9. The molecule has 2 nitrogen and oxygen atoms in total. The van der Waals surface area contributed by atoms with Crippen LogP contribution in [-0.2, 0) is 6.54 Å². The zero-order valence-corrected chi connectivity index (χ0v) is 9.59. The maximum Gasteiger partial charge on any atom is 0.0499 e. The van der Waals surface area contributed by atoms with E-state index >= 15 is 0 Å². The molecular formula is C13H18N2. The van der Waals surface area contributed by atoms with Gasteiger partial charge in [0.2, 0.25) is 0 Å². The van der Waals surface area contributed by atoms with Gasteiger partial charge in [-0.15, -0.1) is 0 Å². The van der Waals surface area contributed by atoms with Gasteiger partial charge < -0.3 is 10.3 Å². The molecule has 2 aromatic rings. The lowest BCUT2D eigenvalue weighted by Gasteiger charge is -2.20. The number of para-hydroxylation sites is 1. The smallest absolute Gasteiger partial charge is 0.0499 e. The Bertz CT molecular complexity index is 449. The second kappa shape index (κ2) is 3.70. The molecule has 0 spiro atoms. The molecule has 1 heterocycles. The summed E-state index contributed by atoms with van der Waals surface area (Å²) in [5.74, 6) is 0. The van der Waals surface area contributed by atoms with Crippen molar-refractivity contribution in [1.29, 1.82) is 0 Å². The van der Waals surface area contributed by atoms with Crippen molar-refractivity contribution in [2.45, 2.75) is 32.9 Å². The second-order valence-electron chi connectivity index (χ2n) is 4.96. The van der Waals surface area contributed by atoms with Crippen molar-refractivity contribution in [1.82, 2.24) is 10.3 Å². The van der Waals surface area contributed by atoms with Gasteiger partial charge in [0.25, 0.3) is 0 Å². The molecule has 15 heavy (non-hydrogen) atoms. The number of nitrogens with one attached hydrogen (secondary N) is 2. The van der Waals surface area contributed by atoms with Gasteiger partial charge >= 0.3 is 0 Å². The first-order valence-electron chi connectivity index (χ1n) is 5.36. The van der Waals surface area contributed by atoms with Crippen molar-refractivity contribution in [2.75, 3.05) is 0 Å². The van der Waals surface area contributed by atoms with E-state index in [9.17, 15) is 0 Å². The molecule has 80 valence electrons. The highest BCUT2D eigenvalue weighted by Crippen LogP contribution is 2.17. The van der Waals surface area contributed by atoms with Crippen LogP contribution < -0.4 is 5.32 Å². The highest BCUT2D eigenvalue weighted by Gasteiger charge is 2.09. The van der Waals surface area contributed by atoms with Gasteiger partial charge in [-0.05, 0) is 37.8 Å². The normalized spacial score (nSPS) is 12.2. The van der Waals surface area contributed by atoms with E-state index in [0.717, 1.165) is 6.54 Å². The van der Waals surface area contributed by atoms with Crippen LogP contribution in [0.15, 0.2) is 30.5 Å². The van der Waals surface area contributed by atoms with Crippen LogP contribution in [0.25, 0.3) is 10.9 Å². The van der Waals surface area contributed by atoms with E-state index in [-0.39, 0.29) is 5.54 Å². The van der Waals surface area contributed by atoms with Gasteiger partial charge in [-0.2, -0.15) is 0 Å². The van der Waals surface area contributed by atoms with E-state index in [0.29, 0.717) is 0 Å². The van der Waals surface area contributed by atoms with Crippen molar-refractivity contribution >= 4 is 10.9 Å². The standard InChI is InChI=1S/C13H18N2/c1-13(2,3)15-9-11-6-4-5-10-7-8-14-12(10)11/h4-8,14-15H,9H2,1-3H3. The predicted molar refractivity (Wildman–Crippen MR) is 64.9 cm³/mol. The summed E-state index contributed by atoms with van der Waals surface area (Å²) in [6.07, 6.45) is 1.99. The molecule has 0 radical (unpaired) electrons. The van der Waals surface area contributed by atoms with Crippen LogP contribution in [0.2, 0.25) is 0 Å². The summed E-state index contributed by atoms with van der Waals surface area (Å²) in [7, 11) is 0. The van der Waals surface area contributed by atoms with Gasteiger partial charge in [-0.1, -0.05) is 18.2 Å². The largest absolute Gasteiger partial charge is 0.361 e. The van der Waals surface area contributed by atoms with Crippen LogP contribution in [0, 0.1) is 0 Å². The lowest BCUT2D eigenvalue weighted by atomic mass is 10.1. The van der Waals surface area contributed by atoms with Gasteiger partial charge in [-0.25, -0.2) is 0 Å². The van der Waals surface area contributed by atoms with Gasteiger partial charge in [0.05, 0.1) is 0 Å². The van der Waals surface area contributed by atoms with Gasteiger partial charge in [0.15, 0.2) is 0 Å². The van der Waals surface area contributed by atoms with Crippen molar-refractivity contribution in [3.05, 3.63) is 36.0 Å². The minimum absolute atomic E-state index is 0.161. The molecule has 0 bridgehead atoms. The van der Waals surface area contributed by atoms with Crippen LogP contribution >= 0.6 is 0 Å². The molecule has 2 rings (SSSR count). The van der Waals surface area contributed by atoms with Crippen molar-refractivity contribution in [3.8, 4) is 0 Å². The quantitative estimate of drug-likeness (QED) is 0.769. The molecule has 1 aromatic heterocycles. The summed E-state index contributed by atoms with van der Waals surface area (Å²) in [4.78, 5) is 3.28. The Morgan fingerprint density at radius 1 is 1.20 bits per heavy atom. The molecule has 0 aliphatic heterocycles. The monoisotopic (exact) mass is 202 g/mol. The van der Waals surface area contributed by atoms with E-state index in [1.165, 1.54) is 16.5 Å². The molecule has 0 unspecified atom stereocenters. The minimum Gasteiger partial charge on any atom is -0.361 e. The first-order chi connectivity index (χ1) is 7.06. The Morgan fingerprint density at radius 2 is 2.00 bits per heavy atom.